The summed E-state index contributed by atoms with van der Waals surface area (Å²) < 4.78 is 5.19. The smallest absolute Gasteiger partial charge is 0.308 e. The highest BCUT2D eigenvalue weighted by atomic mass is 32.1. The van der Waals surface area contributed by atoms with Crippen molar-refractivity contribution in [3.05, 3.63) is 29.3 Å². The largest absolute Gasteiger partial charge is 0.481 e. The van der Waals surface area contributed by atoms with E-state index in [0.717, 1.165) is 4.88 Å². The topological polar surface area (TPSA) is 83.6 Å². The fraction of sp³-hybridized carbons (Fsp3) is 0.357. The average molecular weight is 306 g/mol. The number of amides is 1. The molecular formula is C14H14N2O4S. The van der Waals surface area contributed by atoms with Gasteiger partial charge in [0.2, 0.25) is 0 Å². The molecule has 0 unspecified atom stereocenters. The standard InChI is InChI=1S/C14H14N2O4S/c17-13(16-5-1-3-9(8-16)14(18)19)10-7-11(20-15-10)12-4-2-6-21-12/h2,4,6-7,9H,1,3,5,8H2,(H,18,19)/t9-/m1/s1. The highest BCUT2D eigenvalue weighted by Crippen LogP contribution is 2.26. The number of hydrogen-bond acceptors (Lipinski definition) is 5. The number of carbonyl (C=O) groups is 2. The Morgan fingerprint density at radius 2 is 2.33 bits per heavy atom. The van der Waals surface area contributed by atoms with Gasteiger partial charge in [-0.15, -0.1) is 11.3 Å². The van der Waals surface area contributed by atoms with Crippen molar-refractivity contribution in [2.24, 2.45) is 5.92 Å². The molecule has 1 amide bonds. The van der Waals surface area contributed by atoms with E-state index in [1.165, 1.54) is 11.3 Å². The van der Waals surface area contributed by atoms with Crippen molar-refractivity contribution in [2.45, 2.75) is 12.8 Å². The monoisotopic (exact) mass is 306 g/mol. The van der Waals surface area contributed by atoms with Gasteiger partial charge in [-0.2, -0.15) is 0 Å². The van der Waals surface area contributed by atoms with E-state index in [2.05, 4.69) is 5.16 Å². The minimum atomic E-state index is -0.855. The van der Waals surface area contributed by atoms with E-state index in [4.69, 9.17) is 9.63 Å². The second-order valence-corrected chi connectivity index (χ2v) is 5.93. The number of carboxylic acids is 1. The molecule has 3 heterocycles. The van der Waals surface area contributed by atoms with Gasteiger partial charge in [-0.25, -0.2) is 0 Å². The van der Waals surface area contributed by atoms with Crippen LogP contribution in [-0.2, 0) is 4.79 Å². The molecule has 3 rings (SSSR count). The molecule has 1 saturated heterocycles. The number of carboxylic acid groups (broad SMARTS) is 1. The van der Waals surface area contributed by atoms with Gasteiger partial charge in [0.25, 0.3) is 5.91 Å². The second-order valence-electron chi connectivity index (χ2n) is 4.98. The zero-order valence-corrected chi connectivity index (χ0v) is 12.0. The number of carbonyl (C=O) groups excluding carboxylic acids is 1. The molecule has 0 bridgehead atoms. The highest BCUT2D eigenvalue weighted by molar-refractivity contribution is 7.13. The van der Waals surface area contributed by atoms with Gasteiger partial charge < -0.3 is 14.5 Å². The number of aromatic nitrogens is 1. The summed E-state index contributed by atoms with van der Waals surface area (Å²) in [6.07, 6.45) is 1.30. The van der Waals surface area contributed by atoms with Crippen LogP contribution in [0.5, 0.6) is 0 Å². The lowest BCUT2D eigenvalue weighted by molar-refractivity contribution is -0.143. The molecule has 1 aliphatic heterocycles. The molecule has 1 aliphatic rings. The molecule has 0 radical (unpaired) electrons. The van der Waals surface area contributed by atoms with Crippen molar-refractivity contribution in [1.29, 1.82) is 0 Å². The zero-order chi connectivity index (χ0) is 14.8. The normalized spacial score (nSPS) is 18.7. The van der Waals surface area contributed by atoms with Gasteiger partial charge in [-0.3, -0.25) is 9.59 Å². The maximum Gasteiger partial charge on any atom is 0.308 e. The molecule has 0 aromatic carbocycles. The Labute approximate surface area is 125 Å². The van der Waals surface area contributed by atoms with Crippen LogP contribution in [0.25, 0.3) is 10.6 Å². The van der Waals surface area contributed by atoms with Gasteiger partial charge in [-0.05, 0) is 24.3 Å². The molecule has 0 saturated carbocycles. The minimum Gasteiger partial charge on any atom is -0.481 e. The van der Waals surface area contributed by atoms with Crippen molar-refractivity contribution in [3.63, 3.8) is 0 Å². The molecular weight excluding hydrogens is 292 g/mol. The second kappa shape index (κ2) is 5.69. The SMILES string of the molecule is O=C(O)[C@@H]1CCCN(C(=O)c2cc(-c3cccs3)on2)C1. The number of aliphatic carboxylic acids is 1. The van der Waals surface area contributed by atoms with Crippen molar-refractivity contribution in [2.75, 3.05) is 13.1 Å². The van der Waals surface area contributed by atoms with Crippen LogP contribution in [0.15, 0.2) is 28.1 Å². The maximum absolute atomic E-state index is 12.4. The fourth-order valence-corrected chi connectivity index (χ4v) is 3.11. The van der Waals surface area contributed by atoms with E-state index in [1.54, 1.807) is 11.0 Å². The molecule has 1 fully saturated rings. The summed E-state index contributed by atoms with van der Waals surface area (Å²) in [4.78, 5) is 25.9. The average Bonchev–Trinajstić information content (AvgIpc) is 3.17. The van der Waals surface area contributed by atoms with Crippen LogP contribution in [0.3, 0.4) is 0 Å². The Kier molecular flexibility index (Phi) is 3.74. The van der Waals surface area contributed by atoms with Crippen LogP contribution < -0.4 is 0 Å². The lowest BCUT2D eigenvalue weighted by Crippen LogP contribution is -2.42. The number of likely N-dealkylation sites (tertiary alicyclic amines) is 1. The molecule has 0 aliphatic carbocycles. The lowest BCUT2D eigenvalue weighted by atomic mass is 9.98. The van der Waals surface area contributed by atoms with Gasteiger partial charge in [0, 0.05) is 19.2 Å². The van der Waals surface area contributed by atoms with E-state index in [1.807, 2.05) is 17.5 Å². The Balaban J connectivity index is 1.74. The number of rotatable bonds is 3. The van der Waals surface area contributed by atoms with Crippen LogP contribution in [-0.4, -0.2) is 40.1 Å². The summed E-state index contributed by atoms with van der Waals surface area (Å²) >= 11 is 1.50. The Morgan fingerprint density at radius 1 is 1.48 bits per heavy atom. The Morgan fingerprint density at radius 3 is 3.05 bits per heavy atom. The number of piperidine rings is 1. The van der Waals surface area contributed by atoms with E-state index >= 15 is 0 Å². The molecule has 6 nitrogen and oxygen atoms in total. The summed E-state index contributed by atoms with van der Waals surface area (Å²) in [5.74, 6) is -1.06. The minimum absolute atomic E-state index is 0.226. The van der Waals surface area contributed by atoms with E-state index < -0.39 is 11.9 Å². The summed E-state index contributed by atoms with van der Waals surface area (Å²) in [7, 11) is 0. The van der Waals surface area contributed by atoms with Crippen molar-refractivity contribution >= 4 is 23.2 Å². The van der Waals surface area contributed by atoms with E-state index in [9.17, 15) is 9.59 Å². The molecule has 1 atom stereocenters. The van der Waals surface area contributed by atoms with Crippen molar-refractivity contribution in [3.8, 4) is 10.6 Å². The van der Waals surface area contributed by atoms with Crippen molar-refractivity contribution in [1.82, 2.24) is 10.1 Å². The molecule has 2 aromatic heterocycles. The van der Waals surface area contributed by atoms with Crippen molar-refractivity contribution < 1.29 is 19.2 Å². The van der Waals surface area contributed by atoms with Gasteiger partial charge in [0.05, 0.1) is 10.8 Å². The van der Waals surface area contributed by atoms with E-state index in [0.29, 0.717) is 25.1 Å². The third-order valence-electron chi connectivity index (χ3n) is 3.55. The van der Waals surface area contributed by atoms with Crippen LogP contribution in [0.1, 0.15) is 23.3 Å². The quantitative estimate of drug-likeness (QED) is 0.941. The van der Waals surface area contributed by atoms with Crippen LogP contribution >= 0.6 is 11.3 Å². The third kappa shape index (κ3) is 2.82. The van der Waals surface area contributed by atoms with Gasteiger partial charge >= 0.3 is 5.97 Å². The summed E-state index contributed by atoms with van der Waals surface area (Å²) in [6.45, 7) is 0.791. The molecule has 0 spiro atoms. The molecule has 2 aromatic rings. The number of thiophene rings is 1. The predicted octanol–water partition coefficient (Wildman–Crippen LogP) is 2.34. The van der Waals surface area contributed by atoms with Crippen LogP contribution in [0.2, 0.25) is 0 Å². The Bertz CT molecular complexity index is 650. The van der Waals surface area contributed by atoms with E-state index in [-0.39, 0.29) is 18.1 Å². The number of nitrogens with zero attached hydrogens (tertiary/aromatic N) is 2. The fourth-order valence-electron chi connectivity index (χ4n) is 2.44. The molecule has 110 valence electrons. The maximum atomic E-state index is 12.4. The summed E-state index contributed by atoms with van der Waals surface area (Å²) in [5, 5.41) is 14.8. The predicted molar refractivity (Wildman–Crippen MR) is 76.1 cm³/mol. The zero-order valence-electron chi connectivity index (χ0n) is 11.2. The first-order valence-corrected chi connectivity index (χ1v) is 7.56. The first kappa shape index (κ1) is 13.8. The first-order valence-electron chi connectivity index (χ1n) is 6.68. The van der Waals surface area contributed by atoms with Gasteiger partial charge in [-0.1, -0.05) is 11.2 Å². The molecule has 21 heavy (non-hydrogen) atoms. The van der Waals surface area contributed by atoms with Gasteiger partial charge in [0.1, 0.15) is 0 Å². The highest BCUT2D eigenvalue weighted by Gasteiger charge is 2.30. The van der Waals surface area contributed by atoms with Crippen LogP contribution in [0.4, 0.5) is 0 Å². The lowest BCUT2D eigenvalue weighted by Gasteiger charge is -2.29. The molecule has 7 heteroatoms. The Hall–Kier alpha value is -2.15. The summed E-state index contributed by atoms with van der Waals surface area (Å²) in [6, 6.07) is 5.39. The van der Waals surface area contributed by atoms with Crippen LogP contribution in [0, 0.1) is 5.92 Å². The third-order valence-corrected chi connectivity index (χ3v) is 4.44. The molecule has 1 N–H and O–H groups in total. The first-order chi connectivity index (χ1) is 10.1. The number of hydrogen-bond donors (Lipinski definition) is 1. The summed E-state index contributed by atoms with van der Waals surface area (Å²) in [5.41, 5.74) is 0.226. The van der Waals surface area contributed by atoms with Gasteiger partial charge in [0.15, 0.2) is 11.5 Å².